The lowest BCUT2D eigenvalue weighted by molar-refractivity contribution is -0.123. The number of likely N-dealkylation sites (tertiary alicyclic amines) is 1. The normalized spacial score (nSPS) is 15.1. The number of nitrogens with zero attached hydrogens (tertiary/aromatic N) is 4. The zero-order chi connectivity index (χ0) is 22.8. The van der Waals surface area contributed by atoms with Gasteiger partial charge in [0.25, 0.3) is 5.91 Å². The number of nitrogens with one attached hydrogen (secondary N) is 1. The first-order valence-corrected chi connectivity index (χ1v) is 11.5. The zero-order valence-corrected chi connectivity index (χ0v) is 18.9. The molecule has 1 N–H and O–H groups in total. The third-order valence-corrected chi connectivity index (χ3v) is 6.41. The maximum atomic E-state index is 12.8. The van der Waals surface area contributed by atoms with Crippen LogP contribution in [0.15, 0.2) is 72.6 Å². The van der Waals surface area contributed by atoms with Crippen LogP contribution in [0.5, 0.6) is 0 Å². The fraction of sp³-hybridized carbons (Fsp3) is 0.125. The molecule has 4 aromatic rings. The summed E-state index contributed by atoms with van der Waals surface area (Å²) in [6.45, 7) is 0.508. The van der Waals surface area contributed by atoms with Gasteiger partial charge >= 0.3 is 0 Å². The summed E-state index contributed by atoms with van der Waals surface area (Å²) in [6.07, 6.45) is 7.03. The van der Waals surface area contributed by atoms with Gasteiger partial charge in [0, 0.05) is 42.3 Å². The number of hydrogen-bond donors (Lipinski definition) is 1. The summed E-state index contributed by atoms with van der Waals surface area (Å²) in [4.78, 5) is 39.6. The van der Waals surface area contributed by atoms with Crippen molar-refractivity contribution in [2.45, 2.75) is 12.5 Å². The molecule has 1 atom stereocenters. The van der Waals surface area contributed by atoms with Crippen LogP contribution in [0.4, 0.5) is 5.13 Å². The fourth-order valence-corrected chi connectivity index (χ4v) is 4.55. The summed E-state index contributed by atoms with van der Waals surface area (Å²) >= 11 is 7.29. The predicted octanol–water partition coefficient (Wildman–Crippen LogP) is 4.77. The zero-order valence-electron chi connectivity index (χ0n) is 17.3. The van der Waals surface area contributed by atoms with E-state index in [1.165, 1.54) is 28.6 Å². The Balaban J connectivity index is 1.28. The van der Waals surface area contributed by atoms with Gasteiger partial charge in [-0.1, -0.05) is 29.8 Å². The topological polar surface area (TPSA) is 88.1 Å². The number of hydrogen-bond acceptors (Lipinski definition) is 6. The number of aromatic nitrogens is 3. The van der Waals surface area contributed by atoms with Gasteiger partial charge in [0.2, 0.25) is 5.91 Å². The Morgan fingerprint density at radius 3 is 2.61 bits per heavy atom. The van der Waals surface area contributed by atoms with Crippen molar-refractivity contribution < 1.29 is 9.59 Å². The summed E-state index contributed by atoms with van der Waals surface area (Å²) in [5, 5.41) is 5.63. The molecule has 3 aromatic heterocycles. The van der Waals surface area contributed by atoms with E-state index in [1.54, 1.807) is 18.5 Å². The highest BCUT2D eigenvalue weighted by Crippen LogP contribution is 2.30. The minimum absolute atomic E-state index is 0.254. The van der Waals surface area contributed by atoms with Gasteiger partial charge in [0.05, 0.1) is 16.3 Å². The number of benzene rings is 1. The summed E-state index contributed by atoms with van der Waals surface area (Å²) in [5.74, 6) is -0.514. The molecular formula is C24H18ClN5O2S. The van der Waals surface area contributed by atoms with Crippen LogP contribution in [0.3, 0.4) is 0 Å². The van der Waals surface area contributed by atoms with Crippen LogP contribution < -0.4 is 5.32 Å². The summed E-state index contributed by atoms with van der Waals surface area (Å²) in [7, 11) is 0. The smallest absolute Gasteiger partial charge is 0.256 e. The Hall–Kier alpha value is -3.62. The Labute approximate surface area is 199 Å². The first-order chi connectivity index (χ1) is 16.1. The molecule has 4 heterocycles. The highest BCUT2D eigenvalue weighted by molar-refractivity contribution is 7.14. The van der Waals surface area contributed by atoms with E-state index in [9.17, 15) is 9.59 Å². The predicted molar refractivity (Wildman–Crippen MR) is 128 cm³/mol. The van der Waals surface area contributed by atoms with Gasteiger partial charge in [0.1, 0.15) is 6.04 Å². The number of thiazole rings is 1. The molecule has 9 heteroatoms. The average molecular weight is 476 g/mol. The van der Waals surface area contributed by atoms with Crippen LogP contribution in [0, 0.1) is 0 Å². The third-order valence-electron chi connectivity index (χ3n) is 5.44. The lowest BCUT2D eigenvalue weighted by Gasteiger charge is -2.39. The minimum atomic E-state index is -0.543. The maximum absolute atomic E-state index is 12.8. The average Bonchev–Trinajstić information content (AvgIpc) is 3.27. The summed E-state index contributed by atoms with van der Waals surface area (Å²) < 4.78 is 0. The monoisotopic (exact) mass is 475 g/mol. The van der Waals surface area contributed by atoms with Gasteiger partial charge < -0.3 is 10.2 Å². The molecule has 33 heavy (non-hydrogen) atoms. The molecule has 2 amide bonds. The van der Waals surface area contributed by atoms with Gasteiger partial charge in [-0.25, -0.2) is 4.98 Å². The van der Waals surface area contributed by atoms with E-state index in [0.29, 0.717) is 28.7 Å². The molecule has 0 bridgehead atoms. The van der Waals surface area contributed by atoms with Crippen molar-refractivity contribution in [2.24, 2.45) is 0 Å². The van der Waals surface area contributed by atoms with E-state index in [0.717, 1.165) is 22.4 Å². The molecule has 1 unspecified atom stereocenters. The lowest BCUT2D eigenvalue weighted by Crippen LogP contribution is -2.56. The molecule has 0 spiro atoms. The van der Waals surface area contributed by atoms with Gasteiger partial charge in [-0.15, -0.1) is 11.3 Å². The molecule has 0 aliphatic carbocycles. The largest absolute Gasteiger partial charge is 0.326 e. The second kappa shape index (κ2) is 9.09. The van der Waals surface area contributed by atoms with E-state index < -0.39 is 6.04 Å². The van der Waals surface area contributed by atoms with Crippen LogP contribution in [0.25, 0.3) is 22.4 Å². The standard InChI is InChI=1S/C24H18ClN5O2S/c25-19-11-18(12-27-13-19)23(32)30-9-6-21(30)22(31)29-24-28-20(14-33-24)17-3-1-2-16(10-17)15-4-7-26-8-5-15/h1-5,7-8,10-14,21H,6,9H2,(H,28,29,31). The first kappa shape index (κ1) is 21.2. The molecule has 7 nitrogen and oxygen atoms in total. The molecule has 1 fully saturated rings. The van der Waals surface area contributed by atoms with Crippen molar-refractivity contribution in [2.75, 3.05) is 11.9 Å². The van der Waals surface area contributed by atoms with Crippen LogP contribution >= 0.6 is 22.9 Å². The van der Waals surface area contributed by atoms with Crippen molar-refractivity contribution in [3.63, 3.8) is 0 Å². The van der Waals surface area contributed by atoms with E-state index in [-0.39, 0.29) is 11.8 Å². The second-order valence-electron chi connectivity index (χ2n) is 7.54. The maximum Gasteiger partial charge on any atom is 0.256 e. The number of amides is 2. The number of carbonyl (C=O) groups is 2. The van der Waals surface area contributed by atoms with Crippen molar-refractivity contribution in [1.29, 1.82) is 0 Å². The van der Waals surface area contributed by atoms with Crippen molar-refractivity contribution in [1.82, 2.24) is 19.9 Å². The van der Waals surface area contributed by atoms with E-state index in [4.69, 9.17) is 11.6 Å². The highest BCUT2D eigenvalue weighted by Gasteiger charge is 2.38. The molecule has 1 aromatic carbocycles. The van der Waals surface area contributed by atoms with E-state index >= 15 is 0 Å². The lowest BCUT2D eigenvalue weighted by atomic mass is 10.0. The van der Waals surface area contributed by atoms with Crippen molar-refractivity contribution in [3.8, 4) is 22.4 Å². The number of rotatable bonds is 5. The molecule has 5 rings (SSSR count). The van der Waals surface area contributed by atoms with Crippen molar-refractivity contribution in [3.05, 3.63) is 83.2 Å². The van der Waals surface area contributed by atoms with Crippen LogP contribution in [-0.4, -0.2) is 44.3 Å². The molecule has 1 saturated heterocycles. The fourth-order valence-electron chi connectivity index (χ4n) is 3.65. The Kier molecular flexibility index (Phi) is 5.85. The van der Waals surface area contributed by atoms with Crippen LogP contribution in [-0.2, 0) is 4.79 Å². The quantitative estimate of drug-likeness (QED) is 0.449. The van der Waals surface area contributed by atoms with Gasteiger partial charge in [0.15, 0.2) is 5.13 Å². The third kappa shape index (κ3) is 4.48. The van der Waals surface area contributed by atoms with Crippen LogP contribution in [0.2, 0.25) is 5.02 Å². The van der Waals surface area contributed by atoms with Gasteiger partial charge in [-0.2, -0.15) is 0 Å². The molecule has 1 aliphatic rings. The number of halogens is 1. The molecule has 1 aliphatic heterocycles. The van der Waals surface area contributed by atoms with Gasteiger partial charge in [-0.05, 0) is 41.8 Å². The SMILES string of the molecule is O=C(Nc1nc(-c2cccc(-c3ccncc3)c2)cs1)C1CCN1C(=O)c1cncc(Cl)c1. The summed E-state index contributed by atoms with van der Waals surface area (Å²) in [6, 6.07) is 13.0. The van der Waals surface area contributed by atoms with E-state index in [2.05, 4.69) is 26.3 Å². The number of carbonyl (C=O) groups excluding carboxylic acids is 2. The molecular weight excluding hydrogens is 458 g/mol. The molecule has 164 valence electrons. The molecule has 0 radical (unpaired) electrons. The molecule has 0 saturated carbocycles. The Bertz CT molecular complexity index is 1330. The minimum Gasteiger partial charge on any atom is -0.326 e. The number of pyridine rings is 2. The van der Waals surface area contributed by atoms with Crippen LogP contribution in [0.1, 0.15) is 16.8 Å². The van der Waals surface area contributed by atoms with Gasteiger partial charge in [-0.3, -0.25) is 19.6 Å². The number of anilines is 1. The summed E-state index contributed by atoms with van der Waals surface area (Å²) in [5.41, 5.74) is 4.23. The van der Waals surface area contributed by atoms with E-state index in [1.807, 2.05) is 35.7 Å². The Morgan fingerprint density at radius 1 is 1.03 bits per heavy atom. The second-order valence-corrected chi connectivity index (χ2v) is 8.83. The highest BCUT2D eigenvalue weighted by atomic mass is 35.5. The van der Waals surface area contributed by atoms with Crippen molar-refractivity contribution >= 4 is 39.9 Å². The Morgan fingerprint density at radius 2 is 1.85 bits per heavy atom. The first-order valence-electron chi connectivity index (χ1n) is 10.3.